The monoisotopic (exact) mass is 624 g/mol. The second-order valence-corrected chi connectivity index (χ2v) is 2.22. The van der Waals surface area contributed by atoms with Crippen LogP contribution in [-0.4, -0.2) is 23.9 Å². The van der Waals surface area contributed by atoms with Gasteiger partial charge in [0.05, 0.1) is 0 Å². The molecule has 0 rings (SSSR count). The van der Waals surface area contributed by atoms with Gasteiger partial charge in [0.25, 0.3) is 0 Å². The zero-order chi connectivity index (χ0) is 14.0. The maximum atomic E-state index is 9.08. The predicted molar refractivity (Wildman–Crippen MR) is 10.9 cm³/mol. The molecule has 22 heavy (non-hydrogen) atoms. The summed E-state index contributed by atoms with van der Waals surface area (Å²) >= 11 is 0. The number of hydrogen-bond acceptors (Lipinski definition) is 12. The molecule has 0 amide bonds. The third-order valence-corrected chi connectivity index (χ3v) is 0.750. The first-order valence-electron chi connectivity index (χ1n) is 2.95. The van der Waals surface area contributed by atoms with Crippen LogP contribution < -0.4 is 61.3 Å². The minimum Gasteiger partial charge on any atom is -0.879 e. The third kappa shape index (κ3) is 25.5. The largest absolute Gasteiger partial charge is 2.00 e. The second-order valence-electron chi connectivity index (χ2n) is 2.22. The van der Waals surface area contributed by atoms with Crippen molar-refractivity contribution in [2.45, 2.75) is 23.9 Å². The Hall–Kier alpha value is 3.26. The van der Waals surface area contributed by atoms with E-state index in [1.165, 1.54) is 0 Å². The summed E-state index contributed by atoms with van der Waals surface area (Å²) in [6.45, 7) is 0. The summed E-state index contributed by atoms with van der Waals surface area (Å²) in [4.78, 5) is 0. The third-order valence-electron chi connectivity index (χ3n) is 0.750. The van der Waals surface area contributed by atoms with Crippen molar-refractivity contribution in [1.29, 1.82) is 0 Å². The van der Waals surface area contributed by atoms with Crippen molar-refractivity contribution in [3.8, 4) is 0 Å². The van der Waals surface area contributed by atoms with Crippen molar-refractivity contribution in [2.24, 2.45) is 0 Å². The van der Waals surface area contributed by atoms with Crippen molar-refractivity contribution < 1.29 is 178 Å². The molecule has 0 unspecified atom stereocenters. The van der Waals surface area contributed by atoms with E-state index in [0.29, 0.717) is 0 Å². The molecule has 0 aliphatic carbocycles. The first kappa shape index (κ1) is 49.9. The van der Waals surface area contributed by atoms with Gasteiger partial charge in [-0.25, -0.2) is 0 Å². The summed E-state index contributed by atoms with van der Waals surface area (Å²) in [5.74, 6) is -19.9. The van der Waals surface area contributed by atoms with Gasteiger partial charge in [-0.3, -0.25) is 0 Å². The fourth-order valence-corrected chi connectivity index (χ4v) is 0. The van der Waals surface area contributed by atoms with Crippen molar-refractivity contribution in [1.82, 2.24) is 0 Å². The van der Waals surface area contributed by atoms with Crippen molar-refractivity contribution in [3.63, 3.8) is 0 Å². The van der Waals surface area contributed by atoms with E-state index in [1.54, 1.807) is 0 Å². The van der Waals surface area contributed by atoms with Gasteiger partial charge in [-0.05, 0) is 0 Å². The van der Waals surface area contributed by atoms with E-state index in [1.807, 2.05) is 0 Å². The quantitative estimate of drug-likeness (QED) is 0.203. The molecule has 0 spiro atoms. The second kappa shape index (κ2) is 17.7. The Morgan fingerprint density at radius 3 is 0.273 bits per heavy atom. The van der Waals surface area contributed by atoms with E-state index in [9.17, 15) is 0 Å². The molecular weight excluding hydrogens is 632 g/mol. The van der Waals surface area contributed by atoms with Crippen LogP contribution in [0.5, 0.6) is 0 Å². The molecule has 12 nitrogen and oxygen atoms in total. The number of hydrogen-bond donors (Lipinski definition) is 0. The predicted octanol–water partition coefficient (Wildman–Crippen LogP) is -15.1. The van der Waals surface area contributed by atoms with Gasteiger partial charge in [0, 0.05) is 0 Å². The van der Waals surface area contributed by atoms with E-state index in [0.717, 1.165) is 0 Å². The topological polar surface area (TPSA) is 277 Å². The van der Waals surface area contributed by atoms with Crippen LogP contribution in [0.25, 0.3) is 0 Å². The molecule has 0 saturated carbocycles. The van der Waals surface area contributed by atoms with Crippen molar-refractivity contribution >= 4 is 0 Å². The summed E-state index contributed by atoms with van der Waals surface area (Å²) in [7, 11) is 0. The van der Waals surface area contributed by atoms with E-state index in [2.05, 4.69) is 0 Å². The van der Waals surface area contributed by atoms with Gasteiger partial charge in [-0.1, -0.05) is 0 Å². The Kier molecular flexibility index (Phi) is 40.1. The molecule has 0 saturated heterocycles. The van der Waals surface area contributed by atoms with Gasteiger partial charge in [-0.2, -0.15) is 0 Å². The van der Waals surface area contributed by atoms with Crippen LogP contribution in [0, 0.1) is 0 Å². The smallest absolute Gasteiger partial charge is 0.879 e. The first-order chi connectivity index (χ1) is 6.50. The van der Waals surface area contributed by atoms with Gasteiger partial charge >= 0.3 is 117 Å². The molecule has 0 aromatic carbocycles. The van der Waals surface area contributed by atoms with Crippen LogP contribution in [0.3, 0.4) is 0 Å². The van der Waals surface area contributed by atoms with Gasteiger partial charge in [0.15, 0.2) is 0 Å². The van der Waals surface area contributed by atoms with Crippen LogP contribution >= 0.6 is 0 Å². The molecule has 18 heteroatoms. The molecule has 0 atom stereocenters. The molecule has 0 aliphatic rings. The molecule has 0 heterocycles. The van der Waals surface area contributed by atoms with E-state index in [-0.39, 0.29) is 117 Å². The molecule has 0 aromatic rings. The molecule has 0 bridgehead atoms. The Morgan fingerprint density at radius 1 is 0.227 bits per heavy atom. The van der Waals surface area contributed by atoms with Crippen LogP contribution in [-0.2, 0) is 117 Å². The van der Waals surface area contributed by atoms with E-state index in [4.69, 9.17) is 61.3 Å². The average molecular weight is 632 g/mol. The SMILES string of the molecule is [O-]C([O-])([O-])C([O-])([O-])[O-].[O-]C([O-])([O-])C([O-])([O-])[O-].[Zn+2].[Zn+2].[Zn+2].[Zn+2].[Zn+2].[Zn+2]. The normalized spacial score (nSPS) is 10.4. The maximum Gasteiger partial charge on any atom is 2.00 e. The summed E-state index contributed by atoms with van der Waals surface area (Å²) in [6, 6.07) is 0. The van der Waals surface area contributed by atoms with Gasteiger partial charge in [-0.15, -0.1) is 0 Å². The van der Waals surface area contributed by atoms with Crippen molar-refractivity contribution in [2.75, 3.05) is 0 Å². The fourth-order valence-electron chi connectivity index (χ4n) is 0. The summed E-state index contributed by atoms with van der Waals surface area (Å²) in [6.07, 6.45) is 0. The first-order valence-corrected chi connectivity index (χ1v) is 2.95. The molecule has 100 valence electrons. The Bertz CT molecular complexity index is 166. The zero-order valence-corrected chi connectivity index (χ0v) is 28.9. The Morgan fingerprint density at radius 2 is 0.273 bits per heavy atom. The van der Waals surface area contributed by atoms with Gasteiger partial charge in [0.1, 0.15) is 0 Å². The summed E-state index contributed by atoms with van der Waals surface area (Å²) < 4.78 is 0. The fraction of sp³-hybridized carbons (Fsp3) is 1.00. The Labute approximate surface area is 200 Å². The maximum absolute atomic E-state index is 9.08. The van der Waals surface area contributed by atoms with E-state index < -0.39 is 23.9 Å². The molecular formula is C4O12Zn6. The zero-order valence-electron chi connectivity index (χ0n) is 11.1. The summed E-state index contributed by atoms with van der Waals surface area (Å²) in [5.41, 5.74) is 0. The molecule has 0 N–H and O–H groups in total. The van der Waals surface area contributed by atoms with Gasteiger partial charge < -0.3 is 85.2 Å². The van der Waals surface area contributed by atoms with E-state index >= 15 is 0 Å². The molecule has 0 fully saturated rings. The summed E-state index contributed by atoms with van der Waals surface area (Å²) in [5, 5.41) is 109. The average Bonchev–Trinajstić information content (AvgIpc) is 1.77. The van der Waals surface area contributed by atoms with Crippen LogP contribution in [0.4, 0.5) is 0 Å². The van der Waals surface area contributed by atoms with Crippen LogP contribution in [0.15, 0.2) is 0 Å². The molecule has 0 aliphatic heterocycles. The Balaban J connectivity index is -0.0000000233. The minimum absolute atomic E-state index is 0. The van der Waals surface area contributed by atoms with Crippen molar-refractivity contribution in [3.05, 3.63) is 0 Å². The number of rotatable bonds is 2. The van der Waals surface area contributed by atoms with Crippen LogP contribution in [0.1, 0.15) is 0 Å². The van der Waals surface area contributed by atoms with Gasteiger partial charge in [0.2, 0.25) is 0 Å². The standard InChI is InChI=1S/2C2O6.6Zn/c2*3-1(4,5)2(6,7)8;;;;;;/q2*-6;6*+2. The van der Waals surface area contributed by atoms with Crippen LogP contribution in [0.2, 0.25) is 0 Å². The minimum atomic E-state index is -4.98. The molecule has 0 aromatic heterocycles. The molecule has 0 radical (unpaired) electrons.